The van der Waals surface area contributed by atoms with E-state index >= 15 is 0 Å². The van der Waals surface area contributed by atoms with E-state index in [1.807, 2.05) is 6.92 Å². The lowest BCUT2D eigenvalue weighted by molar-refractivity contribution is 0.206. The van der Waals surface area contributed by atoms with Crippen molar-refractivity contribution in [3.8, 4) is 0 Å². The zero-order valence-electron chi connectivity index (χ0n) is 15.4. The maximum Gasteiger partial charge on any atom is 0.317 e. The van der Waals surface area contributed by atoms with Crippen LogP contribution >= 0.6 is 0 Å². The molecule has 1 aromatic carbocycles. The van der Waals surface area contributed by atoms with E-state index < -0.39 is 15.1 Å². The first-order valence-corrected chi connectivity index (χ1v) is 10.5. The molecule has 1 atom stereocenters. The van der Waals surface area contributed by atoms with E-state index in [1.165, 1.54) is 0 Å². The molecule has 0 saturated carbocycles. The molecule has 2 rings (SSSR count). The van der Waals surface area contributed by atoms with Crippen LogP contribution < -0.4 is 5.32 Å². The molecule has 1 fully saturated rings. The van der Waals surface area contributed by atoms with Crippen LogP contribution in [-0.2, 0) is 9.84 Å². The van der Waals surface area contributed by atoms with Crippen LogP contribution in [0.2, 0.25) is 0 Å². The van der Waals surface area contributed by atoms with Gasteiger partial charge < -0.3 is 15.1 Å². The number of urea groups is 1. The Labute approximate surface area is 151 Å². The fourth-order valence-corrected chi connectivity index (χ4v) is 4.75. The predicted octanol–water partition coefficient (Wildman–Crippen LogP) is 1.89. The number of likely N-dealkylation sites (N-methyl/N-ethyl adjacent to an activating group) is 1. The first kappa shape index (κ1) is 19.7. The summed E-state index contributed by atoms with van der Waals surface area (Å²) >= 11 is 0. The molecule has 140 valence electrons. The van der Waals surface area contributed by atoms with Crippen molar-refractivity contribution in [2.45, 2.75) is 37.3 Å². The summed E-state index contributed by atoms with van der Waals surface area (Å²) in [5, 5.41) is 2.37. The lowest BCUT2D eigenvalue weighted by atomic mass is 10.2. The van der Waals surface area contributed by atoms with Gasteiger partial charge in [-0.25, -0.2) is 13.2 Å². The largest absolute Gasteiger partial charge is 0.337 e. The van der Waals surface area contributed by atoms with Crippen molar-refractivity contribution in [2.75, 3.05) is 39.3 Å². The van der Waals surface area contributed by atoms with Crippen molar-refractivity contribution in [3.05, 3.63) is 29.8 Å². The van der Waals surface area contributed by atoms with Crippen LogP contribution in [0.15, 0.2) is 29.2 Å². The first-order chi connectivity index (χ1) is 11.9. The van der Waals surface area contributed by atoms with Gasteiger partial charge in [0.15, 0.2) is 9.84 Å². The summed E-state index contributed by atoms with van der Waals surface area (Å²) in [6.07, 6.45) is 0.486. The van der Waals surface area contributed by atoms with Gasteiger partial charge in [0.05, 0.1) is 10.1 Å². The number of aryl methyl sites for hydroxylation is 1. The fourth-order valence-electron chi connectivity index (χ4n) is 3.06. The fraction of sp³-hybridized carbons (Fsp3) is 0.611. The predicted molar refractivity (Wildman–Crippen MR) is 99.5 cm³/mol. The minimum atomic E-state index is -3.39. The number of likely N-dealkylation sites (tertiary alicyclic amines) is 1. The molecule has 1 aliphatic rings. The van der Waals surface area contributed by atoms with Gasteiger partial charge in [-0.15, -0.1) is 0 Å². The van der Waals surface area contributed by atoms with E-state index in [-0.39, 0.29) is 12.6 Å². The quantitative estimate of drug-likeness (QED) is 0.799. The van der Waals surface area contributed by atoms with E-state index in [9.17, 15) is 13.2 Å². The van der Waals surface area contributed by atoms with Crippen LogP contribution in [-0.4, -0.2) is 68.8 Å². The highest BCUT2D eigenvalue weighted by atomic mass is 32.2. The van der Waals surface area contributed by atoms with Crippen molar-refractivity contribution in [1.82, 2.24) is 15.1 Å². The highest BCUT2D eigenvalue weighted by Crippen LogP contribution is 2.24. The van der Waals surface area contributed by atoms with Crippen molar-refractivity contribution in [1.29, 1.82) is 0 Å². The van der Waals surface area contributed by atoms with Gasteiger partial charge in [0.2, 0.25) is 0 Å². The summed E-state index contributed by atoms with van der Waals surface area (Å²) in [7, 11) is -3.39. The van der Waals surface area contributed by atoms with Gasteiger partial charge in [-0.3, -0.25) is 0 Å². The standard InChI is InChI=1S/C18H29N3O3S/c1-4-20(5-2)13-11-19-18(22)21-12-10-17(14-21)25(23,24)16-8-6-15(3)7-9-16/h6-9,17H,4-5,10-14H2,1-3H3,(H,19,22). The number of carbonyl (C=O) groups excluding carboxylic acids is 1. The Balaban J connectivity index is 1.90. The van der Waals surface area contributed by atoms with E-state index in [0.717, 1.165) is 25.2 Å². The lowest BCUT2D eigenvalue weighted by Gasteiger charge is -2.21. The number of nitrogens with one attached hydrogen (secondary N) is 1. The van der Waals surface area contributed by atoms with Gasteiger partial charge in [0.25, 0.3) is 0 Å². The molecule has 0 spiro atoms. The summed E-state index contributed by atoms with van der Waals surface area (Å²) in [4.78, 5) is 16.4. The molecule has 1 saturated heterocycles. The molecular weight excluding hydrogens is 338 g/mol. The second kappa shape index (κ2) is 8.67. The summed E-state index contributed by atoms with van der Waals surface area (Å²) < 4.78 is 25.5. The Kier molecular flexibility index (Phi) is 6.84. The second-order valence-electron chi connectivity index (χ2n) is 6.47. The Morgan fingerprint density at radius 2 is 1.88 bits per heavy atom. The average Bonchev–Trinajstić information content (AvgIpc) is 3.10. The molecule has 7 heteroatoms. The Morgan fingerprint density at radius 3 is 2.48 bits per heavy atom. The molecule has 0 aliphatic carbocycles. The maximum atomic E-state index is 12.7. The maximum absolute atomic E-state index is 12.7. The van der Waals surface area contributed by atoms with Crippen molar-refractivity contribution >= 4 is 15.9 Å². The molecule has 0 bridgehead atoms. The Bertz CT molecular complexity index is 669. The Morgan fingerprint density at radius 1 is 1.24 bits per heavy atom. The summed E-state index contributed by atoms with van der Waals surface area (Å²) in [6, 6.07) is 6.74. The molecule has 0 radical (unpaired) electrons. The zero-order valence-corrected chi connectivity index (χ0v) is 16.2. The summed E-state index contributed by atoms with van der Waals surface area (Å²) in [6.45, 7) is 10.1. The number of carbonyl (C=O) groups is 1. The van der Waals surface area contributed by atoms with Gasteiger partial charge >= 0.3 is 6.03 Å². The summed E-state index contributed by atoms with van der Waals surface area (Å²) in [5.41, 5.74) is 1.03. The van der Waals surface area contributed by atoms with Gasteiger partial charge in [-0.1, -0.05) is 31.5 Å². The van der Waals surface area contributed by atoms with Crippen LogP contribution in [0.3, 0.4) is 0 Å². The van der Waals surface area contributed by atoms with E-state index in [1.54, 1.807) is 29.2 Å². The normalized spacial score (nSPS) is 17.9. The molecule has 25 heavy (non-hydrogen) atoms. The topological polar surface area (TPSA) is 69.7 Å². The molecule has 1 heterocycles. The first-order valence-electron chi connectivity index (χ1n) is 8.94. The number of rotatable bonds is 7. The molecule has 1 N–H and O–H groups in total. The van der Waals surface area contributed by atoms with Crippen LogP contribution in [0.1, 0.15) is 25.8 Å². The van der Waals surface area contributed by atoms with E-state index in [0.29, 0.717) is 24.4 Å². The van der Waals surface area contributed by atoms with Gasteiger partial charge in [0.1, 0.15) is 0 Å². The van der Waals surface area contributed by atoms with Crippen LogP contribution in [0.5, 0.6) is 0 Å². The molecule has 6 nitrogen and oxygen atoms in total. The molecular formula is C18H29N3O3S. The number of sulfone groups is 1. The average molecular weight is 368 g/mol. The second-order valence-corrected chi connectivity index (χ2v) is 8.70. The number of hydrogen-bond acceptors (Lipinski definition) is 4. The number of amides is 2. The third-order valence-corrected chi connectivity index (χ3v) is 7.01. The molecule has 1 aliphatic heterocycles. The highest BCUT2D eigenvalue weighted by Gasteiger charge is 2.36. The number of nitrogens with zero attached hydrogens (tertiary/aromatic N) is 2. The van der Waals surface area contributed by atoms with Gasteiger partial charge in [-0.2, -0.15) is 0 Å². The third-order valence-electron chi connectivity index (χ3n) is 4.82. The van der Waals surface area contributed by atoms with Crippen LogP contribution in [0, 0.1) is 6.92 Å². The molecule has 1 unspecified atom stereocenters. The van der Waals surface area contributed by atoms with Crippen molar-refractivity contribution < 1.29 is 13.2 Å². The van der Waals surface area contributed by atoms with Crippen LogP contribution in [0.25, 0.3) is 0 Å². The smallest absolute Gasteiger partial charge is 0.317 e. The molecule has 2 amide bonds. The van der Waals surface area contributed by atoms with Crippen molar-refractivity contribution in [2.24, 2.45) is 0 Å². The monoisotopic (exact) mass is 367 g/mol. The highest BCUT2D eigenvalue weighted by molar-refractivity contribution is 7.92. The van der Waals surface area contributed by atoms with Crippen molar-refractivity contribution in [3.63, 3.8) is 0 Å². The zero-order chi connectivity index (χ0) is 18.4. The molecule has 0 aromatic heterocycles. The molecule has 1 aromatic rings. The lowest BCUT2D eigenvalue weighted by Crippen LogP contribution is -2.42. The van der Waals surface area contributed by atoms with Gasteiger partial charge in [-0.05, 0) is 38.6 Å². The SMILES string of the molecule is CCN(CC)CCNC(=O)N1CCC(S(=O)(=O)c2ccc(C)cc2)C1. The van der Waals surface area contributed by atoms with E-state index in [2.05, 4.69) is 24.1 Å². The minimum Gasteiger partial charge on any atom is -0.337 e. The van der Waals surface area contributed by atoms with E-state index in [4.69, 9.17) is 0 Å². The van der Waals surface area contributed by atoms with Gasteiger partial charge in [0, 0.05) is 26.2 Å². The number of hydrogen-bond donors (Lipinski definition) is 1. The summed E-state index contributed by atoms with van der Waals surface area (Å²) in [5.74, 6) is 0. The third kappa shape index (κ3) is 4.95. The van der Waals surface area contributed by atoms with Crippen LogP contribution in [0.4, 0.5) is 4.79 Å². The Hall–Kier alpha value is -1.60. The minimum absolute atomic E-state index is 0.172. The number of benzene rings is 1.